The maximum Gasteiger partial charge on any atom is 0.275 e. The number of phenolic OH excluding ortho intramolecular Hbond substituents is 2. The number of rotatable bonds is 3. The molecule has 0 heterocycles. The van der Waals surface area contributed by atoms with Crippen molar-refractivity contribution >= 4 is 12.1 Å². The van der Waals surface area contributed by atoms with Crippen LogP contribution in [0.4, 0.5) is 0 Å². The van der Waals surface area contributed by atoms with Gasteiger partial charge in [-0.3, -0.25) is 4.79 Å². The minimum absolute atomic E-state index is 0.0973. The van der Waals surface area contributed by atoms with Gasteiger partial charge < -0.3 is 10.2 Å². The lowest BCUT2D eigenvalue weighted by Gasteiger charge is -2.27. The Morgan fingerprint density at radius 3 is 1.96 bits per heavy atom. The average molecular weight is 368 g/mol. The molecule has 0 aromatic heterocycles. The summed E-state index contributed by atoms with van der Waals surface area (Å²) in [6, 6.07) is 10.0. The number of para-hydroxylation sites is 1. The molecule has 5 nitrogen and oxygen atoms in total. The van der Waals surface area contributed by atoms with Gasteiger partial charge in [0.2, 0.25) is 0 Å². The van der Waals surface area contributed by atoms with Crippen LogP contribution in [0.15, 0.2) is 41.5 Å². The number of aromatic hydroxyl groups is 2. The Bertz CT molecular complexity index is 837. The predicted molar refractivity (Wildman–Crippen MR) is 109 cm³/mol. The second-order valence-corrected chi connectivity index (χ2v) is 8.68. The first-order valence-electron chi connectivity index (χ1n) is 8.90. The Balaban J connectivity index is 2.34. The van der Waals surface area contributed by atoms with Crippen LogP contribution >= 0.6 is 0 Å². The van der Waals surface area contributed by atoms with Crippen molar-refractivity contribution in [2.45, 2.75) is 52.4 Å². The van der Waals surface area contributed by atoms with E-state index in [2.05, 4.69) is 10.5 Å². The molecule has 3 N–H and O–H groups in total. The second-order valence-electron chi connectivity index (χ2n) is 8.68. The first-order valence-corrected chi connectivity index (χ1v) is 8.90. The molecule has 0 saturated heterocycles. The van der Waals surface area contributed by atoms with Crippen LogP contribution < -0.4 is 5.43 Å². The number of hydrogen-bond donors (Lipinski definition) is 3. The summed E-state index contributed by atoms with van der Waals surface area (Å²) in [6.07, 6.45) is 1.54. The molecule has 0 aliphatic carbocycles. The van der Waals surface area contributed by atoms with Gasteiger partial charge >= 0.3 is 0 Å². The normalized spacial score (nSPS) is 12.4. The predicted octanol–water partition coefficient (Wildman–Crippen LogP) is 4.46. The standard InChI is InChI=1S/C22H28N2O3/c1-21(2,3)16-11-14(12-17(19(16)26)22(4,5)6)13-23-24-20(27)15-9-7-8-10-18(15)25/h7-13,25-26H,1-6H3,(H,24,27)/b23-13-. The Morgan fingerprint density at radius 1 is 0.963 bits per heavy atom. The van der Waals surface area contributed by atoms with Gasteiger partial charge in [-0.2, -0.15) is 5.10 Å². The van der Waals surface area contributed by atoms with Crippen LogP contribution in [0.25, 0.3) is 0 Å². The van der Waals surface area contributed by atoms with E-state index in [1.807, 2.05) is 53.7 Å². The van der Waals surface area contributed by atoms with Crippen LogP contribution in [-0.4, -0.2) is 22.3 Å². The fourth-order valence-electron chi connectivity index (χ4n) is 2.77. The van der Waals surface area contributed by atoms with E-state index in [0.29, 0.717) is 5.75 Å². The van der Waals surface area contributed by atoms with E-state index in [1.54, 1.807) is 18.3 Å². The highest BCUT2D eigenvalue weighted by Crippen LogP contribution is 2.39. The summed E-state index contributed by atoms with van der Waals surface area (Å²) in [5.74, 6) is -0.291. The van der Waals surface area contributed by atoms with Crippen molar-refractivity contribution in [2.75, 3.05) is 0 Å². The van der Waals surface area contributed by atoms with Crippen molar-refractivity contribution in [3.63, 3.8) is 0 Å². The van der Waals surface area contributed by atoms with Crippen LogP contribution in [0.5, 0.6) is 11.5 Å². The zero-order chi connectivity index (χ0) is 20.4. The van der Waals surface area contributed by atoms with Gasteiger partial charge in [-0.05, 0) is 40.7 Å². The topological polar surface area (TPSA) is 81.9 Å². The van der Waals surface area contributed by atoms with Crippen LogP contribution in [0.3, 0.4) is 0 Å². The summed E-state index contributed by atoms with van der Waals surface area (Å²) in [7, 11) is 0. The minimum Gasteiger partial charge on any atom is -0.507 e. The van der Waals surface area contributed by atoms with Crippen LogP contribution in [0.2, 0.25) is 0 Å². The van der Waals surface area contributed by atoms with E-state index in [-0.39, 0.29) is 22.1 Å². The second kappa shape index (κ2) is 7.43. The molecule has 0 fully saturated rings. The van der Waals surface area contributed by atoms with Gasteiger partial charge in [0.05, 0.1) is 11.8 Å². The molecule has 0 radical (unpaired) electrons. The zero-order valence-electron chi connectivity index (χ0n) is 16.8. The molecule has 0 aliphatic heterocycles. The quantitative estimate of drug-likeness (QED) is 0.553. The molecule has 2 aromatic rings. The molecular formula is C22H28N2O3. The molecule has 0 bridgehead atoms. The molecule has 5 heteroatoms. The summed E-state index contributed by atoms with van der Waals surface area (Å²) < 4.78 is 0. The molecule has 144 valence electrons. The maximum absolute atomic E-state index is 12.1. The Morgan fingerprint density at radius 2 is 1.48 bits per heavy atom. The molecular weight excluding hydrogens is 340 g/mol. The third-order valence-electron chi connectivity index (χ3n) is 4.28. The highest BCUT2D eigenvalue weighted by molar-refractivity contribution is 5.97. The van der Waals surface area contributed by atoms with E-state index in [0.717, 1.165) is 16.7 Å². The van der Waals surface area contributed by atoms with Crippen LogP contribution in [0.1, 0.15) is 68.6 Å². The number of amides is 1. The summed E-state index contributed by atoms with van der Waals surface area (Å²) in [5.41, 5.74) is 4.52. The van der Waals surface area contributed by atoms with E-state index >= 15 is 0 Å². The number of carbonyl (C=O) groups excluding carboxylic acids is 1. The van der Waals surface area contributed by atoms with Gasteiger partial charge in [-0.15, -0.1) is 0 Å². The van der Waals surface area contributed by atoms with Crippen molar-refractivity contribution in [2.24, 2.45) is 5.10 Å². The highest BCUT2D eigenvalue weighted by Gasteiger charge is 2.26. The Hall–Kier alpha value is -2.82. The van der Waals surface area contributed by atoms with Crippen molar-refractivity contribution in [1.82, 2.24) is 5.43 Å². The van der Waals surface area contributed by atoms with E-state index in [1.165, 1.54) is 12.1 Å². The fraction of sp³-hybridized carbons (Fsp3) is 0.364. The lowest BCUT2D eigenvalue weighted by atomic mass is 9.78. The highest BCUT2D eigenvalue weighted by atomic mass is 16.3. The SMILES string of the molecule is CC(C)(C)c1cc(/C=N\NC(=O)c2ccccc2O)cc(C(C)(C)C)c1O. The van der Waals surface area contributed by atoms with Gasteiger partial charge in [-0.25, -0.2) is 5.43 Å². The molecule has 0 atom stereocenters. The first kappa shape index (κ1) is 20.5. The maximum atomic E-state index is 12.1. The lowest BCUT2D eigenvalue weighted by Crippen LogP contribution is -2.19. The number of carbonyl (C=O) groups is 1. The van der Waals surface area contributed by atoms with Gasteiger partial charge in [0.1, 0.15) is 11.5 Å². The molecule has 2 aromatic carbocycles. The number of nitrogens with one attached hydrogen (secondary N) is 1. The number of nitrogens with zero attached hydrogens (tertiary/aromatic N) is 1. The third kappa shape index (κ3) is 4.88. The largest absolute Gasteiger partial charge is 0.507 e. The molecule has 27 heavy (non-hydrogen) atoms. The fourth-order valence-corrected chi connectivity index (χ4v) is 2.77. The van der Waals surface area contributed by atoms with E-state index in [9.17, 15) is 15.0 Å². The molecule has 2 rings (SSSR count). The first-order chi connectivity index (χ1) is 12.4. The van der Waals surface area contributed by atoms with Gasteiger partial charge in [0.15, 0.2) is 0 Å². The van der Waals surface area contributed by atoms with Gasteiger partial charge in [0.25, 0.3) is 5.91 Å². The van der Waals surface area contributed by atoms with E-state index in [4.69, 9.17) is 0 Å². The van der Waals surface area contributed by atoms with Crippen molar-refractivity contribution < 1.29 is 15.0 Å². The number of hydrogen-bond acceptors (Lipinski definition) is 4. The third-order valence-corrected chi connectivity index (χ3v) is 4.28. The number of phenols is 2. The molecule has 1 amide bonds. The average Bonchev–Trinajstić information content (AvgIpc) is 2.54. The molecule has 0 unspecified atom stereocenters. The Kier molecular flexibility index (Phi) is 5.64. The van der Waals surface area contributed by atoms with Gasteiger partial charge in [-0.1, -0.05) is 53.7 Å². The smallest absolute Gasteiger partial charge is 0.275 e. The summed E-state index contributed by atoms with van der Waals surface area (Å²) in [4.78, 5) is 12.1. The summed E-state index contributed by atoms with van der Waals surface area (Å²) in [6.45, 7) is 12.2. The molecule has 0 spiro atoms. The summed E-state index contributed by atoms with van der Waals surface area (Å²) >= 11 is 0. The zero-order valence-corrected chi connectivity index (χ0v) is 16.8. The van der Waals surface area contributed by atoms with E-state index < -0.39 is 5.91 Å². The van der Waals surface area contributed by atoms with Crippen molar-refractivity contribution in [3.8, 4) is 11.5 Å². The monoisotopic (exact) mass is 368 g/mol. The summed E-state index contributed by atoms with van der Waals surface area (Å²) in [5, 5.41) is 24.5. The number of hydrazone groups is 1. The molecule has 0 aliphatic rings. The molecule has 0 saturated carbocycles. The number of benzene rings is 2. The minimum atomic E-state index is -0.491. The Labute approximate surface area is 160 Å². The van der Waals surface area contributed by atoms with Crippen molar-refractivity contribution in [3.05, 3.63) is 58.7 Å². The lowest BCUT2D eigenvalue weighted by molar-refractivity contribution is 0.0952. The van der Waals surface area contributed by atoms with Crippen LogP contribution in [-0.2, 0) is 10.8 Å². The van der Waals surface area contributed by atoms with Crippen LogP contribution in [0, 0.1) is 0 Å². The van der Waals surface area contributed by atoms with Gasteiger partial charge in [0, 0.05) is 11.1 Å². The van der Waals surface area contributed by atoms with Crippen molar-refractivity contribution in [1.29, 1.82) is 0 Å².